The second-order valence-electron chi connectivity index (χ2n) is 2.56. The smallest absolute Gasteiger partial charge is 0.330 e. The lowest BCUT2D eigenvalue weighted by molar-refractivity contribution is -0.137. The monoisotopic (exact) mass is 188 g/mol. The van der Waals surface area contributed by atoms with Crippen molar-refractivity contribution in [3.05, 3.63) is 12.7 Å². The lowest BCUT2D eigenvalue weighted by atomic mass is 10.5. The lowest BCUT2D eigenvalue weighted by Gasteiger charge is -2.06. The van der Waals surface area contributed by atoms with Crippen LogP contribution in [0.4, 0.5) is 0 Å². The van der Waals surface area contributed by atoms with E-state index in [9.17, 15) is 4.79 Å². The molecule has 0 aliphatic heterocycles. The van der Waals surface area contributed by atoms with Crippen molar-refractivity contribution in [1.82, 2.24) is 0 Å². The predicted octanol–water partition coefficient (Wildman–Crippen LogP) is 1.11. The summed E-state index contributed by atoms with van der Waals surface area (Å²) in [5.74, 6) is -0.346. The lowest BCUT2D eigenvalue weighted by Crippen LogP contribution is -2.11. The maximum absolute atomic E-state index is 10.6. The second kappa shape index (κ2) is 7.06. The van der Waals surface area contributed by atoms with Crippen LogP contribution in [-0.4, -0.2) is 28.7 Å². The van der Waals surface area contributed by atoms with Gasteiger partial charge in [0.15, 0.2) is 9.04 Å². The van der Waals surface area contributed by atoms with Crippen molar-refractivity contribution in [3.8, 4) is 0 Å². The highest BCUT2D eigenvalue weighted by molar-refractivity contribution is 6.50. The Hall–Kier alpha value is -0.613. The number of esters is 1. The zero-order valence-corrected chi connectivity index (χ0v) is 8.86. The quantitative estimate of drug-likeness (QED) is 0.271. The van der Waals surface area contributed by atoms with Crippen molar-refractivity contribution in [3.63, 3.8) is 0 Å². The van der Waals surface area contributed by atoms with Crippen LogP contribution in [0.3, 0.4) is 0 Å². The largest absolute Gasteiger partial charge is 0.463 e. The highest BCUT2D eigenvalue weighted by Gasteiger charge is 2.02. The molecule has 0 heterocycles. The van der Waals surface area contributed by atoms with E-state index in [0.29, 0.717) is 6.61 Å². The molecule has 12 heavy (non-hydrogen) atoms. The molecule has 0 aliphatic rings. The molecule has 0 aromatic rings. The molecule has 0 radical (unpaired) electrons. The SMILES string of the molecule is C=CC(=O)OCCC[SiH](C)OC. The molecule has 0 fully saturated rings. The Bertz CT molecular complexity index is 147. The number of carbonyl (C=O) groups excluding carboxylic acids is 1. The average Bonchev–Trinajstić information content (AvgIpc) is 2.11. The average molecular weight is 188 g/mol. The molecule has 0 spiro atoms. The molecule has 0 aromatic carbocycles. The van der Waals surface area contributed by atoms with Gasteiger partial charge in [-0.25, -0.2) is 4.79 Å². The van der Waals surface area contributed by atoms with Crippen LogP contribution in [0, 0.1) is 0 Å². The number of carbonyl (C=O) groups is 1. The first-order valence-corrected chi connectivity index (χ1v) is 6.47. The first kappa shape index (κ1) is 11.4. The number of hydrogen-bond donors (Lipinski definition) is 0. The predicted molar refractivity (Wildman–Crippen MR) is 50.6 cm³/mol. The van der Waals surface area contributed by atoms with Gasteiger partial charge in [-0.05, 0) is 19.0 Å². The van der Waals surface area contributed by atoms with Gasteiger partial charge in [-0.3, -0.25) is 0 Å². The van der Waals surface area contributed by atoms with Gasteiger partial charge in [0.05, 0.1) is 6.61 Å². The van der Waals surface area contributed by atoms with E-state index < -0.39 is 9.04 Å². The van der Waals surface area contributed by atoms with Crippen LogP contribution in [-0.2, 0) is 14.0 Å². The summed E-state index contributed by atoms with van der Waals surface area (Å²) in [4.78, 5) is 10.6. The van der Waals surface area contributed by atoms with Crippen LogP contribution in [0.1, 0.15) is 6.42 Å². The molecule has 0 saturated heterocycles. The van der Waals surface area contributed by atoms with Crippen molar-refractivity contribution < 1.29 is 14.0 Å². The molecule has 0 amide bonds. The Morgan fingerprint density at radius 1 is 1.67 bits per heavy atom. The van der Waals surface area contributed by atoms with E-state index in [1.807, 2.05) is 0 Å². The number of hydrogen-bond acceptors (Lipinski definition) is 3. The van der Waals surface area contributed by atoms with Gasteiger partial charge in [-0.2, -0.15) is 0 Å². The van der Waals surface area contributed by atoms with Crippen molar-refractivity contribution in [2.45, 2.75) is 19.0 Å². The van der Waals surface area contributed by atoms with E-state index in [1.54, 1.807) is 7.11 Å². The van der Waals surface area contributed by atoms with Crippen LogP contribution < -0.4 is 0 Å². The van der Waals surface area contributed by atoms with Crippen molar-refractivity contribution in [2.24, 2.45) is 0 Å². The third kappa shape index (κ3) is 6.12. The Balaban J connectivity index is 3.21. The molecular weight excluding hydrogens is 172 g/mol. The summed E-state index contributed by atoms with van der Waals surface area (Å²) in [5, 5.41) is 0. The molecule has 4 heteroatoms. The zero-order valence-electron chi connectivity index (χ0n) is 7.71. The van der Waals surface area contributed by atoms with Gasteiger partial charge in [-0.15, -0.1) is 0 Å². The normalized spacial score (nSPS) is 12.2. The summed E-state index contributed by atoms with van der Waals surface area (Å²) in [6.07, 6.45) is 2.07. The van der Waals surface area contributed by atoms with Crippen molar-refractivity contribution in [1.29, 1.82) is 0 Å². The van der Waals surface area contributed by atoms with E-state index in [0.717, 1.165) is 12.5 Å². The third-order valence-electron chi connectivity index (χ3n) is 1.57. The minimum Gasteiger partial charge on any atom is -0.463 e. The van der Waals surface area contributed by atoms with E-state index in [1.165, 1.54) is 6.08 Å². The second-order valence-corrected chi connectivity index (χ2v) is 5.23. The summed E-state index contributed by atoms with van der Waals surface area (Å²) in [5.41, 5.74) is 0. The van der Waals surface area contributed by atoms with Crippen molar-refractivity contribution >= 4 is 15.0 Å². The number of rotatable bonds is 6. The van der Waals surface area contributed by atoms with Gasteiger partial charge in [0.25, 0.3) is 0 Å². The summed E-state index contributed by atoms with van der Waals surface area (Å²) in [7, 11) is 0.759. The third-order valence-corrected chi connectivity index (χ3v) is 3.59. The minimum atomic E-state index is -0.970. The summed E-state index contributed by atoms with van der Waals surface area (Å²) in [6, 6.07) is 1.04. The van der Waals surface area contributed by atoms with Crippen LogP contribution in [0.5, 0.6) is 0 Å². The molecule has 0 aliphatic carbocycles. The standard InChI is InChI=1S/C8H16O3Si/c1-4-8(9)11-6-5-7-12(3)10-2/h4,12H,1,5-7H2,2-3H3. The Morgan fingerprint density at radius 2 is 2.33 bits per heavy atom. The molecule has 3 nitrogen and oxygen atoms in total. The number of ether oxygens (including phenoxy) is 1. The molecule has 1 unspecified atom stereocenters. The highest BCUT2D eigenvalue weighted by Crippen LogP contribution is 1.98. The van der Waals surface area contributed by atoms with E-state index in [2.05, 4.69) is 13.1 Å². The van der Waals surface area contributed by atoms with Crippen LogP contribution in [0.2, 0.25) is 12.6 Å². The highest BCUT2D eigenvalue weighted by atomic mass is 28.3. The van der Waals surface area contributed by atoms with Crippen LogP contribution in [0.25, 0.3) is 0 Å². The molecule has 0 N–H and O–H groups in total. The van der Waals surface area contributed by atoms with Gasteiger partial charge in [0, 0.05) is 13.2 Å². The summed E-state index contributed by atoms with van der Waals surface area (Å²) >= 11 is 0. The maximum Gasteiger partial charge on any atom is 0.330 e. The first-order chi connectivity index (χ1) is 5.70. The van der Waals surface area contributed by atoms with Gasteiger partial charge < -0.3 is 9.16 Å². The first-order valence-electron chi connectivity index (χ1n) is 4.02. The zero-order chi connectivity index (χ0) is 9.40. The van der Waals surface area contributed by atoms with Gasteiger partial charge >= 0.3 is 5.97 Å². The Kier molecular flexibility index (Phi) is 6.70. The fraction of sp³-hybridized carbons (Fsp3) is 0.625. The van der Waals surface area contributed by atoms with E-state index in [4.69, 9.17) is 9.16 Å². The topological polar surface area (TPSA) is 35.5 Å². The maximum atomic E-state index is 10.6. The van der Waals surface area contributed by atoms with Crippen LogP contribution >= 0.6 is 0 Å². The van der Waals surface area contributed by atoms with Gasteiger partial charge in [0.2, 0.25) is 0 Å². The molecule has 0 rings (SSSR count). The van der Waals surface area contributed by atoms with E-state index >= 15 is 0 Å². The molecular formula is C8H16O3Si. The molecule has 1 atom stereocenters. The fourth-order valence-electron chi connectivity index (χ4n) is 0.720. The van der Waals surface area contributed by atoms with Crippen molar-refractivity contribution in [2.75, 3.05) is 13.7 Å². The van der Waals surface area contributed by atoms with E-state index in [-0.39, 0.29) is 5.97 Å². The van der Waals surface area contributed by atoms with Gasteiger partial charge in [0.1, 0.15) is 0 Å². The fourth-order valence-corrected chi connectivity index (χ4v) is 1.70. The van der Waals surface area contributed by atoms with Crippen LogP contribution in [0.15, 0.2) is 12.7 Å². The molecule has 70 valence electrons. The summed E-state index contributed by atoms with van der Waals surface area (Å²) < 4.78 is 9.96. The molecule has 0 aromatic heterocycles. The molecule has 0 saturated carbocycles. The Morgan fingerprint density at radius 3 is 2.83 bits per heavy atom. The molecule has 0 bridgehead atoms. The Labute approximate surface area is 75.1 Å². The summed E-state index contributed by atoms with van der Waals surface area (Å²) in [6.45, 7) is 5.90. The minimum absolute atomic E-state index is 0.346. The van der Waals surface area contributed by atoms with Gasteiger partial charge in [-0.1, -0.05) is 6.58 Å².